The van der Waals surface area contributed by atoms with E-state index in [-0.39, 0.29) is 24.2 Å². The van der Waals surface area contributed by atoms with Gasteiger partial charge in [0, 0.05) is 15.9 Å². The second kappa shape index (κ2) is 6.59. The first-order chi connectivity index (χ1) is 7.27. The van der Waals surface area contributed by atoms with Gasteiger partial charge >= 0.3 is 0 Å². The highest BCUT2D eigenvalue weighted by atomic mass is 79.9. The van der Waals surface area contributed by atoms with Crippen LogP contribution in [-0.4, -0.2) is 19.0 Å². The van der Waals surface area contributed by atoms with Gasteiger partial charge in [-0.1, -0.05) is 0 Å². The van der Waals surface area contributed by atoms with Crippen molar-refractivity contribution in [2.45, 2.75) is 13.0 Å². The first kappa shape index (κ1) is 14.0. The van der Waals surface area contributed by atoms with Crippen LogP contribution in [0, 0.1) is 5.92 Å². The van der Waals surface area contributed by atoms with Crippen LogP contribution >= 0.6 is 39.7 Å². The summed E-state index contributed by atoms with van der Waals surface area (Å²) in [7, 11) is 0. The molecule has 1 unspecified atom stereocenters. The molecule has 0 radical (unpaired) electrons. The molecule has 1 fully saturated rings. The summed E-state index contributed by atoms with van der Waals surface area (Å²) in [5, 5.41) is 8.18. The number of nitrogens with one attached hydrogen (secondary N) is 2. The Bertz CT molecular complexity index is 352. The Morgan fingerprint density at radius 3 is 3.06 bits per heavy atom. The third-order valence-corrected chi connectivity index (χ3v) is 4.47. The first-order valence-corrected chi connectivity index (χ1v) is 6.65. The van der Waals surface area contributed by atoms with E-state index in [4.69, 9.17) is 0 Å². The monoisotopic (exact) mass is 324 g/mol. The zero-order valence-corrected chi connectivity index (χ0v) is 11.9. The van der Waals surface area contributed by atoms with E-state index in [9.17, 15) is 4.79 Å². The summed E-state index contributed by atoms with van der Waals surface area (Å²) in [5.74, 6) is 0.323. The molecule has 1 aromatic rings. The predicted molar refractivity (Wildman–Crippen MR) is 72.1 cm³/mol. The molecule has 6 heteroatoms. The molecule has 1 amide bonds. The van der Waals surface area contributed by atoms with Crippen LogP contribution in [0.15, 0.2) is 15.9 Å². The highest BCUT2D eigenvalue weighted by Gasteiger charge is 2.21. The summed E-state index contributed by atoms with van der Waals surface area (Å²) in [6.45, 7) is 2.41. The summed E-state index contributed by atoms with van der Waals surface area (Å²) < 4.78 is 1.08. The molecule has 90 valence electrons. The van der Waals surface area contributed by atoms with Gasteiger partial charge in [-0.2, -0.15) is 0 Å². The Hall–Kier alpha value is -0.100. The van der Waals surface area contributed by atoms with E-state index < -0.39 is 0 Å². The highest BCUT2D eigenvalue weighted by Crippen LogP contribution is 2.22. The number of halogens is 2. The van der Waals surface area contributed by atoms with Crippen molar-refractivity contribution in [1.82, 2.24) is 10.6 Å². The molecule has 1 atom stereocenters. The number of rotatable bonds is 3. The molecule has 1 saturated heterocycles. The zero-order valence-electron chi connectivity index (χ0n) is 8.66. The number of hydrogen-bond donors (Lipinski definition) is 2. The molecule has 0 aromatic carbocycles. The largest absolute Gasteiger partial charge is 0.351 e. The van der Waals surface area contributed by atoms with Crippen molar-refractivity contribution in [2.24, 2.45) is 5.92 Å². The maximum Gasteiger partial charge on any atom is 0.224 e. The first-order valence-electron chi connectivity index (χ1n) is 4.97. The Kier molecular flexibility index (Phi) is 5.75. The smallest absolute Gasteiger partial charge is 0.224 e. The van der Waals surface area contributed by atoms with Crippen molar-refractivity contribution >= 4 is 45.6 Å². The SMILES string of the molecule is Cl.O=C(NCc1sccc1Br)C1CCNC1. The summed E-state index contributed by atoms with van der Waals surface area (Å²) in [5.41, 5.74) is 0. The fourth-order valence-electron chi connectivity index (χ4n) is 1.64. The topological polar surface area (TPSA) is 41.1 Å². The van der Waals surface area contributed by atoms with E-state index in [2.05, 4.69) is 26.6 Å². The lowest BCUT2D eigenvalue weighted by Crippen LogP contribution is -2.31. The van der Waals surface area contributed by atoms with Crippen LogP contribution in [0.25, 0.3) is 0 Å². The maximum absolute atomic E-state index is 11.7. The predicted octanol–water partition coefficient (Wildman–Crippen LogP) is 2.16. The Balaban J connectivity index is 0.00000128. The number of carbonyl (C=O) groups is 1. The highest BCUT2D eigenvalue weighted by molar-refractivity contribution is 9.10. The van der Waals surface area contributed by atoms with Gasteiger partial charge in [0.25, 0.3) is 0 Å². The molecular weight excluding hydrogens is 312 g/mol. The standard InChI is InChI=1S/C10H13BrN2OS.ClH/c11-8-2-4-15-9(8)6-13-10(14)7-1-3-12-5-7;/h2,4,7,12H,1,3,5-6H2,(H,13,14);1H. The molecule has 0 bridgehead atoms. The fourth-order valence-corrected chi connectivity index (χ4v) is 3.07. The Labute approximate surface area is 114 Å². The second-order valence-electron chi connectivity index (χ2n) is 3.60. The van der Waals surface area contributed by atoms with Gasteiger partial charge in [-0.05, 0) is 40.3 Å². The number of hydrogen-bond acceptors (Lipinski definition) is 3. The molecule has 0 spiro atoms. The minimum atomic E-state index is 0. The molecule has 0 aliphatic carbocycles. The number of carbonyl (C=O) groups excluding carboxylic acids is 1. The van der Waals surface area contributed by atoms with Gasteiger partial charge in [0.2, 0.25) is 5.91 Å². The van der Waals surface area contributed by atoms with Gasteiger partial charge in [0.15, 0.2) is 0 Å². The van der Waals surface area contributed by atoms with Gasteiger partial charge in [0.1, 0.15) is 0 Å². The van der Waals surface area contributed by atoms with Gasteiger partial charge in [-0.3, -0.25) is 4.79 Å². The average Bonchev–Trinajstić information content (AvgIpc) is 2.85. The van der Waals surface area contributed by atoms with E-state index in [0.717, 1.165) is 24.0 Å². The van der Waals surface area contributed by atoms with Crippen LogP contribution in [-0.2, 0) is 11.3 Å². The van der Waals surface area contributed by atoms with E-state index in [0.29, 0.717) is 6.54 Å². The average molecular weight is 326 g/mol. The van der Waals surface area contributed by atoms with Crippen molar-refractivity contribution < 1.29 is 4.79 Å². The van der Waals surface area contributed by atoms with Gasteiger partial charge in [0.05, 0.1) is 12.5 Å². The zero-order chi connectivity index (χ0) is 10.7. The van der Waals surface area contributed by atoms with E-state index >= 15 is 0 Å². The van der Waals surface area contributed by atoms with E-state index in [1.165, 1.54) is 4.88 Å². The Morgan fingerprint density at radius 2 is 2.50 bits per heavy atom. The molecule has 1 aliphatic heterocycles. The second-order valence-corrected chi connectivity index (χ2v) is 5.45. The lowest BCUT2D eigenvalue weighted by molar-refractivity contribution is -0.124. The van der Waals surface area contributed by atoms with Crippen LogP contribution in [0.4, 0.5) is 0 Å². The minimum Gasteiger partial charge on any atom is -0.351 e. The summed E-state index contributed by atoms with van der Waals surface area (Å²) in [6, 6.07) is 2.00. The number of thiophene rings is 1. The fraction of sp³-hybridized carbons (Fsp3) is 0.500. The molecule has 2 N–H and O–H groups in total. The van der Waals surface area contributed by atoms with Crippen LogP contribution in [0.1, 0.15) is 11.3 Å². The number of amides is 1. The maximum atomic E-state index is 11.7. The Morgan fingerprint density at radius 1 is 1.69 bits per heavy atom. The van der Waals surface area contributed by atoms with Crippen LogP contribution in [0.5, 0.6) is 0 Å². The normalized spacial score (nSPS) is 19.2. The third kappa shape index (κ3) is 3.45. The minimum absolute atomic E-state index is 0. The quantitative estimate of drug-likeness (QED) is 0.894. The van der Waals surface area contributed by atoms with Gasteiger partial charge in [-0.25, -0.2) is 0 Å². The van der Waals surface area contributed by atoms with Crippen LogP contribution < -0.4 is 10.6 Å². The van der Waals surface area contributed by atoms with Crippen molar-refractivity contribution in [2.75, 3.05) is 13.1 Å². The third-order valence-electron chi connectivity index (χ3n) is 2.55. The van der Waals surface area contributed by atoms with E-state index in [1.807, 2.05) is 11.4 Å². The molecular formula is C10H14BrClN2OS. The molecule has 3 nitrogen and oxygen atoms in total. The molecule has 1 aromatic heterocycles. The molecule has 1 aliphatic rings. The van der Waals surface area contributed by atoms with Crippen molar-refractivity contribution in [3.05, 3.63) is 20.8 Å². The summed E-state index contributed by atoms with van der Waals surface area (Å²) in [6.07, 6.45) is 0.956. The van der Waals surface area contributed by atoms with Crippen molar-refractivity contribution in [3.8, 4) is 0 Å². The van der Waals surface area contributed by atoms with Crippen molar-refractivity contribution in [1.29, 1.82) is 0 Å². The molecule has 2 rings (SSSR count). The summed E-state index contributed by atoms with van der Waals surface area (Å²) in [4.78, 5) is 12.9. The van der Waals surface area contributed by atoms with E-state index in [1.54, 1.807) is 11.3 Å². The van der Waals surface area contributed by atoms with Gasteiger partial charge < -0.3 is 10.6 Å². The van der Waals surface area contributed by atoms with Crippen molar-refractivity contribution in [3.63, 3.8) is 0 Å². The van der Waals surface area contributed by atoms with Crippen LogP contribution in [0.2, 0.25) is 0 Å². The van der Waals surface area contributed by atoms with Gasteiger partial charge in [-0.15, -0.1) is 23.7 Å². The lowest BCUT2D eigenvalue weighted by Gasteiger charge is -2.08. The lowest BCUT2D eigenvalue weighted by atomic mass is 10.1. The molecule has 2 heterocycles. The van der Waals surface area contributed by atoms with Crippen LogP contribution in [0.3, 0.4) is 0 Å². The molecule has 0 saturated carbocycles. The summed E-state index contributed by atoms with van der Waals surface area (Å²) >= 11 is 5.10. The molecule has 16 heavy (non-hydrogen) atoms.